The Morgan fingerprint density at radius 2 is 0.790 bits per heavy atom. The fourth-order valence-corrected chi connectivity index (χ4v) is 9.23. The number of pyridine rings is 6. The third-order valence-corrected chi connectivity index (χ3v) is 13.1. The number of imidazole rings is 1. The summed E-state index contributed by atoms with van der Waals surface area (Å²) in [5.41, 5.74) is 14.2. The average Bonchev–Trinajstić information content (AvgIpc) is 4.42. The van der Waals surface area contributed by atoms with Gasteiger partial charge in [0.05, 0.1) is 57.9 Å². The van der Waals surface area contributed by atoms with Gasteiger partial charge in [-0.2, -0.15) is 17.5 Å². The van der Waals surface area contributed by atoms with Gasteiger partial charge in [0.25, 0.3) is 0 Å². The van der Waals surface area contributed by atoms with Gasteiger partial charge in [0, 0.05) is 137 Å². The maximum absolute atomic E-state index is 4.35. The third kappa shape index (κ3) is 17.0. The van der Waals surface area contributed by atoms with Crippen LogP contribution in [0.4, 0.5) is 0 Å². The van der Waals surface area contributed by atoms with Gasteiger partial charge in [0.2, 0.25) is 0 Å². The van der Waals surface area contributed by atoms with E-state index in [9.17, 15) is 0 Å². The van der Waals surface area contributed by atoms with E-state index >= 15 is 0 Å². The van der Waals surface area contributed by atoms with Gasteiger partial charge >= 0.3 is 58.2 Å². The van der Waals surface area contributed by atoms with Gasteiger partial charge in [-0.15, -0.1) is 0 Å². The van der Waals surface area contributed by atoms with Gasteiger partial charge in [-0.1, -0.05) is 91.3 Å². The summed E-state index contributed by atoms with van der Waals surface area (Å²) in [4.78, 5) is 40.8. The third-order valence-electron chi connectivity index (χ3n) is 10.9. The van der Waals surface area contributed by atoms with Crippen LogP contribution in [0.1, 0.15) is 0 Å². The number of para-hydroxylation sites is 2. The molecular weight excluding hydrogens is 1270 g/mol. The van der Waals surface area contributed by atoms with E-state index in [0.29, 0.717) is 0 Å². The Hall–Kier alpha value is -8.04. The fourth-order valence-electron chi connectivity index (χ4n) is 7.09. The molecule has 0 saturated heterocycles. The fraction of sp³-hybridized carbons (Fsp3) is 0. The summed E-state index contributed by atoms with van der Waals surface area (Å²) in [6.07, 6.45) is 20.7. The zero-order valence-electron chi connectivity index (χ0n) is 42.4. The van der Waals surface area contributed by atoms with Gasteiger partial charge < -0.3 is 20.2 Å². The van der Waals surface area contributed by atoms with E-state index in [0.717, 1.165) is 98.9 Å². The van der Waals surface area contributed by atoms with Crippen LogP contribution in [-0.2, 0) is 65.4 Å². The van der Waals surface area contributed by atoms with Gasteiger partial charge in [0.15, 0.2) is 0 Å². The summed E-state index contributed by atoms with van der Waals surface area (Å²) in [6, 6.07) is 52.8. The smallest absolute Gasteiger partial charge is 0.104 e. The molecule has 5 aromatic carbocycles. The molecule has 0 fully saturated rings. The van der Waals surface area contributed by atoms with E-state index in [2.05, 4.69) is 115 Å². The van der Waals surface area contributed by atoms with Gasteiger partial charge in [-0.25, -0.2) is 0 Å². The Labute approximate surface area is 526 Å². The summed E-state index contributed by atoms with van der Waals surface area (Å²) in [5.74, 6) is 0. The SMILES string of the molecule is [Y].[Y].c1cc2nccnc2cn1.c1cc2nsnc2cn1.c1ccc2[n-]cnc2c1.c1ccc2[n-]nnc2c1.c1ccc2n[se]nc2c1.c1ccc2nsnc2c1.c1cnc2c(c1)ccc1cccnc12.c1cnc2ccncc2c1. The predicted molar refractivity (Wildman–Crippen MR) is 311 cm³/mol. The van der Waals surface area contributed by atoms with Crippen LogP contribution in [0.15, 0.2) is 238 Å². The van der Waals surface area contributed by atoms with Crippen LogP contribution in [0, 0.1) is 0 Å². The first-order chi connectivity index (χ1) is 39.2. The van der Waals surface area contributed by atoms with Crippen molar-refractivity contribution in [3.8, 4) is 0 Å². The molecule has 0 amide bonds. The Morgan fingerprint density at radius 1 is 0.321 bits per heavy atom. The van der Waals surface area contributed by atoms with Crippen LogP contribution in [-0.4, -0.2) is 95.6 Å². The molecule has 0 aliphatic carbocycles. The first-order valence-electron chi connectivity index (χ1n) is 23.9. The van der Waals surface area contributed by atoms with E-state index in [1.54, 1.807) is 68.3 Å². The van der Waals surface area contributed by atoms with Crippen molar-refractivity contribution >= 4 is 137 Å². The van der Waals surface area contributed by atoms with E-state index in [1.165, 1.54) is 23.5 Å². The number of rotatable bonds is 0. The Morgan fingerprint density at radius 3 is 1.38 bits per heavy atom. The molecular formula is C57H39N19S2SeY2-2. The second-order valence-electron chi connectivity index (χ2n) is 16.0. The largest absolute Gasteiger partial charge is 0.264 e. The summed E-state index contributed by atoms with van der Waals surface area (Å²) in [6.45, 7) is 0. The van der Waals surface area contributed by atoms with Crippen molar-refractivity contribution in [3.63, 3.8) is 0 Å². The number of hydrogen-bond donors (Lipinski definition) is 0. The minimum atomic E-state index is 0. The van der Waals surface area contributed by atoms with Crippen molar-refractivity contribution in [2.24, 2.45) is 0 Å². The Balaban J connectivity index is 0.000000122. The van der Waals surface area contributed by atoms with Crippen LogP contribution in [0.5, 0.6) is 0 Å². The molecule has 0 N–H and O–H groups in total. The van der Waals surface area contributed by atoms with Crippen molar-refractivity contribution < 1.29 is 65.4 Å². The molecule has 0 saturated carbocycles. The zero-order valence-corrected chi connectivity index (χ0v) is 51.4. The second kappa shape index (κ2) is 31.7. The maximum atomic E-state index is 4.35. The topological polar surface area (TPSA) is 247 Å². The molecule has 0 unspecified atom stereocenters. The number of aromatic nitrogens is 19. The normalized spacial score (nSPS) is 10.0. The molecule has 0 aliphatic heterocycles. The van der Waals surface area contributed by atoms with E-state index in [4.69, 9.17) is 0 Å². The molecule has 12 aromatic heterocycles. The summed E-state index contributed by atoms with van der Waals surface area (Å²) < 4.78 is 24.5. The van der Waals surface area contributed by atoms with Crippen LogP contribution in [0.2, 0.25) is 0 Å². The quantitative estimate of drug-likeness (QED) is 0.101. The second-order valence-corrected chi connectivity index (χ2v) is 18.1. The zero-order chi connectivity index (χ0) is 53.5. The first kappa shape index (κ1) is 59.1. The van der Waals surface area contributed by atoms with E-state index < -0.39 is 0 Å². The Kier molecular flexibility index (Phi) is 23.1. The predicted octanol–water partition coefficient (Wildman–Crippen LogP) is 10.7. The monoisotopic (exact) mass is 1310 g/mol. The summed E-state index contributed by atoms with van der Waals surface area (Å²) in [7, 11) is 0. The van der Waals surface area contributed by atoms with Crippen LogP contribution in [0.3, 0.4) is 0 Å². The molecule has 81 heavy (non-hydrogen) atoms. The molecule has 19 nitrogen and oxygen atoms in total. The van der Waals surface area contributed by atoms with E-state index in [-0.39, 0.29) is 80.4 Å². The van der Waals surface area contributed by atoms with E-state index in [1.807, 2.05) is 146 Å². The average molecular weight is 1310 g/mol. The number of fused-ring (bicyclic) bond motifs is 10. The summed E-state index contributed by atoms with van der Waals surface area (Å²) >= 11 is 2.59. The molecule has 388 valence electrons. The molecule has 17 aromatic rings. The molecule has 0 atom stereocenters. The number of nitrogens with zero attached hydrogens (tertiary/aromatic N) is 19. The first-order valence-corrected chi connectivity index (χ1v) is 26.9. The van der Waals surface area contributed by atoms with Crippen LogP contribution >= 0.6 is 23.5 Å². The molecule has 0 bridgehead atoms. The van der Waals surface area contributed by atoms with Gasteiger partial charge in [-0.05, 0) is 76.7 Å². The maximum Gasteiger partial charge on any atom is 0.104 e. The summed E-state index contributed by atoms with van der Waals surface area (Å²) in [5, 5.41) is 14.4. The standard InChI is InChI=1S/C12H8N2.C8H6N2.C7H5N3.C7H5N2.C6H4N3.C6H4N2S.C6H4N2Se.C5H3N3S.2Y/c1-3-9-5-6-10-4-2-8-14-12(10)11(9)13-7-1;1-2-7-6-9-5-3-8(7)10-4-1;1-2-8-5-7-6(1)9-3-4-10-7;1-2-4-7-6(3-1)8-5-9-7;3*1-2-4-6-5(3-1)7-9-8-6;1-2-6-3-5-4(1)7-9-8-5;;/h1-8H;1-6H;1-5H;1-5H;3*1-4H;1-3H;;/q;;;2*-1;;;;;. The number of benzene rings is 5. The van der Waals surface area contributed by atoms with Crippen molar-refractivity contribution in [2.75, 3.05) is 0 Å². The van der Waals surface area contributed by atoms with Gasteiger partial charge in [-0.3, -0.25) is 45.1 Å². The molecule has 12 heterocycles. The molecule has 0 aliphatic rings. The Bertz CT molecular complexity index is 3830. The molecule has 24 heteroatoms. The van der Waals surface area contributed by atoms with Crippen molar-refractivity contribution in [3.05, 3.63) is 238 Å². The number of hydrogen-bond acceptors (Lipinski definition) is 19. The van der Waals surface area contributed by atoms with Crippen molar-refractivity contribution in [1.82, 2.24) is 90.7 Å². The minimum Gasteiger partial charge on any atom is -0.264 e. The van der Waals surface area contributed by atoms with Crippen molar-refractivity contribution in [2.45, 2.75) is 0 Å². The molecule has 0 spiro atoms. The molecule has 2 radical (unpaired) electrons. The van der Waals surface area contributed by atoms with Crippen LogP contribution < -0.4 is 10.1 Å². The van der Waals surface area contributed by atoms with Crippen molar-refractivity contribution in [1.29, 1.82) is 0 Å². The molecule has 17 rings (SSSR count). The van der Waals surface area contributed by atoms with Crippen LogP contribution in [0.25, 0.3) is 98.9 Å². The minimum absolute atomic E-state index is 0. The van der Waals surface area contributed by atoms with Gasteiger partial charge in [0.1, 0.15) is 27.6 Å².